The number of ketones is 1. The lowest BCUT2D eigenvalue weighted by Gasteiger charge is -2.37. The van der Waals surface area contributed by atoms with Crippen molar-refractivity contribution in [3.8, 4) is 0 Å². The van der Waals surface area contributed by atoms with Gasteiger partial charge in [-0.15, -0.1) is 0 Å². The summed E-state index contributed by atoms with van der Waals surface area (Å²) in [5.41, 5.74) is 3.29. The summed E-state index contributed by atoms with van der Waals surface area (Å²) in [5.74, 6) is 0.687. The van der Waals surface area contributed by atoms with Crippen LogP contribution in [0.25, 0.3) is 0 Å². The van der Waals surface area contributed by atoms with Crippen LogP contribution < -0.4 is 0 Å². The zero-order chi connectivity index (χ0) is 21.3. The highest BCUT2D eigenvalue weighted by Gasteiger charge is 2.39. The van der Waals surface area contributed by atoms with E-state index in [-0.39, 0.29) is 11.7 Å². The van der Waals surface area contributed by atoms with Crippen molar-refractivity contribution in [2.45, 2.75) is 25.3 Å². The van der Waals surface area contributed by atoms with Crippen LogP contribution >= 0.6 is 0 Å². The second-order valence-electron chi connectivity index (χ2n) is 8.47. The number of nitrogens with zero attached hydrogens (tertiary/aromatic N) is 2. The molecule has 1 fully saturated rings. The molecular weight excluding hydrogens is 380 g/mol. The molecule has 0 bridgehead atoms. The highest BCUT2D eigenvalue weighted by atomic mass is 16.1. The molecule has 0 spiro atoms. The molecule has 3 heteroatoms. The quantitative estimate of drug-likeness (QED) is 0.281. The predicted octanol–water partition coefficient (Wildman–Crippen LogP) is 5.95. The third-order valence-electron chi connectivity index (χ3n) is 6.54. The van der Waals surface area contributed by atoms with Crippen LogP contribution in [0.3, 0.4) is 0 Å². The Bertz CT molecular complexity index is 1060. The minimum absolute atomic E-state index is 0.0305. The van der Waals surface area contributed by atoms with E-state index in [2.05, 4.69) is 82.3 Å². The van der Waals surface area contributed by atoms with Gasteiger partial charge in [-0.2, -0.15) is 0 Å². The average Bonchev–Trinajstić information content (AvgIpc) is 3.58. The van der Waals surface area contributed by atoms with Gasteiger partial charge in [-0.3, -0.25) is 4.79 Å². The molecule has 0 radical (unpaired) electrons. The topological polar surface area (TPSA) is 34.9 Å². The van der Waals surface area contributed by atoms with Crippen LogP contribution in [0, 0.1) is 11.8 Å². The number of aromatic nitrogens is 2. The van der Waals surface area contributed by atoms with E-state index in [1.54, 1.807) is 0 Å². The van der Waals surface area contributed by atoms with E-state index in [9.17, 15) is 4.79 Å². The van der Waals surface area contributed by atoms with Crippen molar-refractivity contribution in [3.63, 3.8) is 0 Å². The third kappa shape index (κ3) is 3.40. The van der Waals surface area contributed by atoms with Gasteiger partial charge in [0, 0.05) is 12.1 Å². The highest BCUT2D eigenvalue weighted by Crippen LogP contribution is 2.41. The number of Topliss-reactive ketones (excluding diaryl/α,β-unsaturated/α-hetero) is 1. The molecule has 1 aliphatic rings. The molecule has 1 heterocycles. The van der Waals surface area contributed by atoms with Gasteiger partial charge in [0.25, 0.3) is 0 Å². The molecule has 0 aliphatic heterocycles. The van der Waals surface area contributed by atoms with Gasteiger partial charge in [0.1, 0.15) is 11.2 Å². The maximum absolute atomic E-state index is 13.1. The lowest BCUT2D eigenvalue weighted by atomic mass is 9.76. The second-order valence-corrected chi connectivity index (χ2v) is 8.47. The largest absolute Gasteiger partial charge is 0.318 e. The summed E-state index contributed by atoms with van der Waals surface area (Å²) in [6, 6.07) is 31.4. The van der Waals surface area contributed by atoms with Crippen LogP contribution in [0.2, 0.25) is 0 Å². The fourth-order valence-corrected chi connectivity index (χ4v) is 4.66. The summed E-state index contributed by atoms with van der Waals surface area (Å²) in [6.45, 7) is 2.04. The van der Waals surface area contributed by atoms with E-state index >= 15 is 0 Å². The molecule has 1 aromatic heterocycles. The number of carbonyl (C=O) groups is 1. The van der Waals surface area contributed by atoms with Crippen molar-refractivity contribution in [3.05, 3.63) is 126 Å². The van der Waals surface area contributed by atoms with Crippen molar-refractivity contribution in [1.29, 1.82) is 0 Å². The first-order valence-electron chi connectivity index (χ1n) is 11.0. The highest BCUT2D eigenvalue weighted by molar-refractivity contribution is 5.96. The normalized spacial score (nSPS) is 14.9. The van der Waals surface area contributed by atoms with Gasteiger partial charge in [-0.05, 0) is 35.4 Å². The lowest BCUT2D eigenvalue weighted by molar-refractivity contribution is 0.0911. The molecule has 5 rings (SSSR count). The Labute approximate surface area is 183 Å². The Hall–Kier alpha value is -3.46. The summed E-state index contributed by atoms with van der Waals surface area (Å²) in [5, 5.41) is 0. The smallest absolute Gasteiger partial charge is 0.185 e. The summed E-state index contributed by atoms with van der Waals surface area (Å²) < 4.78 is 2.11. The molecule has 1 atom stereocenters. The first-order chi connectivity index (χ1) is 15.2. The van der Waals surface area contributed by atoms with Crippen molar-refractivity contribution >= 4 is 5.78 Å². The van der Waals surface area contributed by atoms with E-state index in [4.69, 9.17) is 0 Å². The molecule has 0 amide bonds. The maximum atomic E-state index is 13.1. The fraction of sp³-hybridized carbons (Fsp3) is 0.214. The van der Waals surface area contributed by atoms with Crippen LogP contribution in [-0.2, 0) is 5.54 Å². The van der Waals surface area contributed by atoms with Gasteiger partial charge in [0.2, 0.25) is 0 Å². The van der Waals surface area contributed by atoms with Crippen LogP contribution in [0.4, 0.5) is 0 Å². The number of imidazole rings is 1. The van der Waals surface area contributed by atoms with Crippen LogP contribution in [0.5, 0.6) is 0 Å². The SMILES string of the molecule is CC(C(=O)c1cn(C(c2ccccc2)(c2ccccc2)c2ccccc2)cn1)C1CC1. The molecule has 3 nitrogen and oxygen atoms in total. The number of rotatable bonds is 7. The van der Waals surface area contributed by atoms with Gasteiger partial charge in [-0.25, -0.2) is 4.98 Å². The molecule has 3 aromatic carbocycles. The molecule has 0 N–H and O–H groups in total. The minimum atomic E-state index is -0.627. The minimum Gasteiger partial charge on any atom is -0.318 e. The van der Waals surface area contributed by atoms with Gasteiger partial charge < -0.3 is 4.57 Å². The Morgan fingerprint density at radius 3 is 1.71 bits per heavy atom. The molecular formula is C28H26N2O. The van der Waals surface area contributed by atoms with Crippen molar-refractivity contribution in [2.24, 2.45) is 11.8 Å². The van der Waals surface area contributed by atoms with Gasteiger partial charge in [-0.1, -0.05) is 97.9 Å². The third-order valence-corrected chi connectivity index (χ3v) is 6.54. The van der Waals surface area contributed by atoms with Crippen LogP contribution in [0.15, 0.2) is 104 Å². The van der Waals surface area contributed by atoms with Gasteiger partial charge >= 0.3 is 0 Å². The number of hydrogen-bond donors (Lipinski definition) is 0. The number of carbonyl (C=O) groups excluding carboxylic acids is 1. The first-order valence-corrected chi connectivity index (χ1v) is 11.0. The van der Waals surface area contributed by atoms with E-state index in [0.717, 1.165) is 29.5 Å². The molecule has 0 saturated heterocycles. The summed E-state index contributed by atoms with van der Waals surface area (Å²) in [7, 11) is 0. The maximum Gasteiger partial charge on any atom is 0.185 e. The predicted molar refractivity (Wildman–Crippen MR) is 123 cm³/mol. The zero-order valence-corrected chi connectivity index (χ0v) is 17.7. The van der Waals surface area contributed by atoms with Crippen molar-refractivity contribution in [2.75, 3.05) is 0 Å². The fourth-order valence-electron chi connectivity index (χ4n) is 4.66. The second kappa shape index (κ2) is 7.99. The van der Waals surface area contributed by atoms with E-state index in [1.807, 2.05) is 37.6 Å². The van der Waals surface area contributed by atoms with E-state index < -0.39 is 5.54 Å². The Balaban J connectivity index is 1.74. The summed E-state index contributed by atoms with van der Waals surface area (Å²) >= 11 is 0. The molecule has 1 saturated carbocycles. The number of benzene rings is 3. The number of hydrogen-bond acceptors (Lipinski definition) is 2. The Kier molecular flexibility index (Phi) is 5.03. The first kappa shape index (κ1) is 19.5. The Morgan fingerprint density at radius 2 is 1.29 bits per heavy atom. The monoisotopic (exact) mass is 406 g/mol. The van der Waals surface area contributed by atoms with Crippen LogP contribution in [-0.4, -0.2) is 15.3 Å². The lowest BCUT2D eigenvalue weighted by Crippen LogP contribution is -2.37. The van der Waals surface area contributed by atoms with E-state index in [1.165, 1.54) is 0 Å². The van der Waals surface area contributed by atoms with Crippen molar-refractivity contribution in [1.82, 2.24) is 9.55 Å². The van der Waals surface area contributed by atoms with Gasteiger partial charge in [0.15, 0.2) is 5.78 Å². The van der Waals surface area contributed by atoms with Crippen molar-refractivity contribution < 1.29 is 4.79 Å². The average molecular weight is 407 g/mol. The van der Waals surface area contributed by atoms with Crippen LogP contribution in [0.1, 0.15) is 46.9 Å². The Morgan fingerprint density at radius 1 is 0.839 bits per heavy atom. The summed E-state index contributed by atoms with van der Waals surface area (Å²) in [4.78, 5) is 17.7. The molecule has 1 aliphatic carbocycles. The molecule has 4 aromatic rings. The standard InChI is InChI=1S/C28H26N2O/c1-21(22-17-18-22)27(31)26-19-30(20-29-26)28(23-11-5-2-6-12-23,24-13-7-3-8-14-24)25-15-9-4-10-16-25/h2-16,19-22H,17-18H2,1H3. The molecule has 1 unspecified atom stereocenters. The summed E-state index contributed by atoms with van der Waals surface area (Å²) in [6.07, 6.45) is 6.05. The zero-order valence-electron chi connectivity index (χ0n) is 17.7. The molecule has 154 valence electrons. The van der Waals surface area contributed by atoms with Gasteiger partial charge in [0.05, 0.1) is 6.33 Å². The van der Waals surface area contributed by atoms with E-state index in [0.29, 0.717) is 11.6 Å². The molecule has 31 heavy (non-hydrogen) atoms.